The van der Waals surface area contributed by atoms with E-state index >= 15 is 0 Å². The summed E-state index contributed by atoms with van der Waals surface area (Å²) in [6.45, 7) is 0.335. The van der Waals surface area contributed by atoms with Crippen LogP contribution in [0.15, 0.2) is 36.4 Å². The zero-order valence-corrected chi connectivity index (χ0v) is 15.3. The second kappa shape index (κ2) is 10.6. The minimum Gasteiger partial charge on any atom is -0.352 e. The van der Waals surface area contributed by atoms with Gasteiger partial charge < -0.3 is 32.3 Å². The van der Waals surface area contributed by atoms with E-state index in [1.807, 2.05) is 0 Å². The van der Waals surface area contributed by atoms with Crippen molar-refractivity contribution in [1.29, 1.82) is 0 Å². The van der Waals surface area contributed by atoms with E-state index in [1.54, 1.807) is 36.4 Å². The monoisotopic (exact) mass is 388 g/mol. The first-order chi connectivity index (χ1) is 13.4. The van der Waals surface area contributed by atoms with Gasteiger partial charge in [-0.3, -0.25) is 9.59 Å². The molecule has 0 bridgehead atoms. The standard InChI is InChI=1S/C18H24N6O4/c19-17(27)22-11-15(25)20-8-1-2-9-21-16(26)12-4-3-5-14(10-12)24-18(28)23-13-6-7-13/h1-5,10,13H,6-9,11H2,(H,20,25)(H,21,26)(H3,19,22,27)(H2,23,24,28)/b2-1+. The molecule has 1 aliphatic rings. The van der Waals surface area contributed by atoms with E-state index in [0.717, 1.165) is 12.8 Å². The molecule has 6 amide bonds. The minimum absolute atomic E-state index is 0.192. The Bertz CT molecular complexity index is 760. The maximum Gasteiger partial charge on any atom is 0.319 e. The van der Waals surface area contributed by atoms with Crippen LogP contribution in [0.25, 0.3) is 0 Å². The van der Waals surface area contributed by atoms with Crippen molar-refractivity contribution in [2.45, 2.75) is 18.9 Å². The molecule has 150 valence electrons. The average molecular weight is 388 g/mol. The number of benzene rings is 1. The zero-order valence-electron chi connectivity index (χ0n) is 15.3. The number of nitrogens with one attached hydrogen (secondary N) is 5. The third-order valence-corrected chi connectivity index (χ3v) is 3.68. The quantitative estimate of drug-likeness (QED) is 0.331. The molecule has 7 N–H and O–H groups in total. The Morgan fingerprint density at radius 1 is 1.04 bits per heavy atom. The fourth-order valence-corrected chi connectivity index (χ4v) is 2.14. The Kier molecular flexibility index (Phi) is 7.82. The number of carbonyl (C=O) groups is 4. The zero-order chi connectivity index (χ0) is 20.4. The molecule has 1 fully saturated rings. The number of amides is 6. The van der Waals surface area contributed by atoms with Crippen LogP contribution in [0.3, 0.4) is 0 Å². The van der Waals surface area contributed by atoms with Gasteiger partial charge in [-0.05, 0) is 31.0 Å². The molecule has 0 aromatic heterocycles. The van der Waals surface area contributed by atoms with Crippen LogP contribution in [0.1, 0.15) is 23.2 Å². The molecule has 10 nitrogen and oxygen atoms in total. The van der Waals surface area contributed by atoms with Gasteiger partial charge in [-0.15, -0.1) is 0 Å². The fourth-order valence-electron chi connectivity index (χ4n) is 2.14. The first-order valence-electron chi connectivity index (χ1n) is 8.85. The van der Waals surface area contributed by atoms with Gasteiger partial charge in [0.1, 0.15) is 0 Å². The summed E-state index contributed by atoms with van der Waals surface area (Å²) >= 11 is 0. The van der Waals surface area contributed by atoms with Crippen molar-refractivity contribution in [3.05, 3.63) is 42.0 Å². The maximum absolute atomic E-state index is 12.2. The predicted molar refractivity (Wildman–Crippen MR) is 104 cm³/mol. The van der Waals surface area contributed by atoms with Gasteiger partial charge >= 0.3 is 12.1 Å². The number of nitrogens with two attached hydrogens (primary N) is 1. The smallest absolute Gasteiger partial charge is 0.319 e. The van der Waals surface area contributed by atoms with E-state index < -0.39 is 6.03 Å². The van der Waals surface area contributed by atoms with Gasteiger partial charge in [0.15, 0.2) is 0 Å². The Labute approximate surface area is 162 Å². The van der Waals surface area contributed by atoms with E-state index in [0.29, 0.717) is 11.3 Å². The summed E-state index contributed by atoms with van der Waals surface area (Å²) in [4.78, 5) is 45.7. The van der Waals surface area contributed by atoms with E-state index in [9.17, 15) is 19.2 Å². The van der Waals surface area contributed by atoms with Crippen molar-refractivity contribution in [3.8, 4) is 0 Å². The second-order valence-electron chi connectivity index (χ2n) is 6.16. The van der Waals surface area contributed by atoms with Gasteiger partial charge in [-0.2, -0.15) is 0 Å². The van der Waals surface area contributed by atoms with Gasteiger partial charge in [0, 0.05) is 30.4 Å². The van der Waals surface area contributed by atoms with Crippen LogP contribution >= 0.6 is 0 Å². The summed E-state index contributed by atoms with van der Waals surface area (Å²) < 4.78 is 0. The molecule has 0 saturated heterocycles. The molecule has 0 radical (unpaired) electrons. The summed E-state index contributed by atoms with van der Waals surface area (Å²) in [7, 11) is 0. The van der Waals surface area contributed by atoms with Gasteiger partial charge in [-0.25, -0.2) is 9.59 Å². The topological polar surface area (TPSA) is 154 Å². The third-order valence-electron chi connectivity index (χ3n) is 3.68. The van der Waals surface area contributed by atoms with E-state index in [1.165, 1.54) is 0 Å². The fraction of sp³-hybridized carbons (Fsp3) is 0.333. The van der Waals surface area contributed by atoms with E-state index in [4.69, 9.17) is 5.73 Å². The van der Waals surface area contributed by atoms with Crippen molar-refractivity contribution < 1.29 is 19.2 Å². The molecular weight excluding hydrogens is 364 g/mol. The lowest BCUT2D eigenvalue weighted by Gasteiger charge is -2.08. The molecule has 0 spiro atoms. The van der Waals surface area contributed by atoms with Gasteiger partial charge in [0.25, 0.3) is 5.91 Å². The SMILES string of the molecule is NC(=O)NCC(=O)NC/C=C/CNC(=O)c1cccc(NC(=O)NC2CC2)c1. The molecule has 1 saturated carbocycles. The van der Waals surface area contributed by atoms with Gasteiger partial charge in [0.2, 0.25) is 5.91 Å². The molecule has 10 heteroatoms. The maximum atomic E-state index is 12.2. The first kappa shape index (κ1) is 20.7. The van der Waals surface area contributed by atoms with Gasteiger partial charge in [-0.1, -0.05) is 18.2 Å². The molecule has 2 rings (SSSR count). The van der Waals surface area contributed by atoms with Crippen LogP contribution in [0.5, 0.6) is 0 Å². The van der Waals surface area contributed by atoms with Crippen LogP contribution in [0, 0.1) is 0 Å². The van der Waals surface area contributed by atoms with Crippen molar-refractivity contribution in [2.24, 2.45) is 5.73 Å². The summed E-state index contributed by atoms with van der Waals surface area (Å²) in [5.41, 5.74) is 5.81. The van der Waals surface area contributed by atoms with Crippen molar-refractivity contribution in [2.75, 3.05) is 25.0 Å². The number of urea groups is 2. The highest BCUT2D eigenvalue weighted by atomic mass is 16.2. The number of rotatable bonds is 9. The molecule has 0 atom stereocenters. The molecule has 28 heavy (non-hydrogen) atoms. The van der Waals surface area contributed by atoms with Gasteiger partial charge in [0.05, 0.1) is 6.54 Å². The molecule has 0 aliphatic heterocycles. The lowest BCUT2D eigenvalue weighted by Crippen LogP contribution is -2.39. The Hall–Kier alpha value is -3.56. The number of hydrogen-bond acceptors (Lipinski definition) is 4. The van der Waals surface area contributed by atoms with Crippen LogP contribution in [-0.2, 0) is 4.79 Å². The van der Waals surface area contributed by atoms with Crippen molar-refractivity contribution in [3.63, 3.8) is 0 Å². The van der Waals surface area contributed by atoms with Crippen LogP contribution in [-0.4, -0.2) is 49.6 Å². The highest BCUT2D eigenvalue weighted by Gasteiger charge is 2.23. The second-order valence-corrected chi connectivity index (χ2v) is 6.16. The summed E-state index contributed by atoms with van der Waals surface area (Å²) in [5, 5.41) is 12.9. The molecule has 0 unspecified atom stereocenters. The highest BCUT2D eigenvalue weighted by Crippen LogP contribution is 2.19. The summed E-state index contributed by atoms with van der Waals surface area (Å²) in [6.07, 6.45) is 5.35. The number of primary amides is 1. The van der Waals surface area contributed by atoms with E-state index in [-0.39, 0.29) is 43.5 Å². The minimum atomic E-state index is -0.767. The molecular formula is C18H24N6O4. The molecule has 1 aliphatic carbocycles. The Balaban J connectivity index is 1.68. The van der Waals surface area contributed by atoms with Crippen LogP contribution in [0.2, 0.25) is 0 Å². The summed E-state index contributed by atoms with van der Waals surface area (Å²) in [5.74, 6) is -0.659. The van der Waals surface area contributed by atoms with Crippen molar-refractivity contribution in [1.82, 2.24) is 21.3 Å². The number of carbonyl (C=O) groups excluding carboxylic acids is 4. The highest BCUT2D eigenvalue weighted by molar-refractivity contribution is 5.97. The predicted octanol–water partition coefficient (Wildman–Crippen LogP) is 0.0410. The molecule has 1 aromatic carbocycles. The first-order valence-corrected chi connectivity index (χ1v) is 8.85. The van der Waals surface area contributed by atoms with E-state index in [2.05, 4.69) is 26.6 Å². The lowest BCUT2D eigenvalue weighted by atomic mass is 10.2. The summed E-state index contributed by atoms with van der Waals surface area (Å²) in [6, 6.07) is 5.84. The van der Waals surface area contributed by atoms with Crippen LogP contribution < -0.4 is 32.3 Å². The van der Waals surface area contributed by atoms with Crippen LogP contribution in [0.4, 0.5) is 15.3 Å². The molecule has 0 heterocycles. The number of hydrogen-bond donors (Lipinski definition) is 6. The number of anilines is 1. The Morgan fingerprint density at radius 2 is 1.75 bits per heavy atom. The third kappa shape index (κ3) is 8.21. The average Bonchev–Trinajstić information content (AvgIpc) is 3.46. The Morgan fingerprint density at radius 3 is 2.43 bits per heavy atom. The lowest BCUT2D eigenvalue weighted by molar-refractivity contribution is -0.119. The van der Waals surface area contributed by atoms with Crippen molar-refractivity contribution >= 4 is 29.6 Å². The molecule has 1 aromatic rings. The largest absolute Gasteiger partial charge is 0.352 e. The normalized spacial score (nSPS) is 12.9.